The second kappa shape index (κ2) is 9.32. The van der Waals surface area contributed by atoms with Crippen molar-refractivity contribution in [1.82, 2.24) is 14.9 Å². The topological polar surface area (TPSA) is 61.4 Å². The van der Waals surface area contributed by atoms with Crippen LogP contribution in [-0.2, 0) is 4.79 Å². The van der Waals surface area contributed by atoms with Crippen LogP contribution in [-0.4, -0.2) is 53.5 Å². The molecule has 3 heterocycles. The first-order chi connectivity index (χ1) is 14.9. The molecule has 1 amide bonds. The number of thiophene rings is 1. The van der Waals surface area contributed by atoms with Crippen LogP contribution in [0.2, 0.25) is 0 Å². The second-order valence-corrected chi connectivity index (χ2v) is 9.66. The molecular formula is C24H31N5OS. The molecule has 1 fully saturated rings. The molecule has 1 N–H and O–H groups in total. The maximum Gasteiger partial charge on any atom is 0.238 e. The summed E-state index contributed by atoms with van der Waals surface area (Å²) in [6, 6.07) is 8.43. The lowest BCUT2D eigenvalue weighted by Gasteiger charge is -2.35. The fraction of sp³-hybridized carbons (Fsp3) is 0.458. The monoisotopic (exact) mass is 437 g/mol. The van der Waals surface area contributed by atoms with Gasteiger partial charge in [0.2, 0.25) is 5.91 Å². The third-order valence-corrected chi connectivity index (χ3v) is 6.74. The molecule has 7 heteroatoms. The maximum atomic E-state index is 12.9. The van der Waals surface area contributed by atoms with Gasteiger partial charge >= 0.3 is 0 Å². The number of aromatic nitrogens is 2. The highest BCUT2D eigenvalue weighted by molar-refractivity contribution is 7.16. The van der Waals surface area contributed by atoms with E-state index >= 15 is 0 Å². The number of rotatable bonds is 6. The van der Waals surface area contributed by atoms with Crippen molar-refractivity contribution in [2.75, 3.05) is 42.9 Å². The summed E-state index contributed by atoms with van der Waals surface area (Å²) in [4.78, 5) is 27.4. The number of piperazine rings is 1. The van der Waals surface area contributed by atoms with Crippen LogP contribution in [0.25, 0.3) is 10.2 Å². The van der Waals surface area contributed by atoms with Gasteiger partial charge in [-0.25, -0.2) is 9.97 Å². The number of hydrogen-bond donors (Lipinski definition) is 1. The van der Waals surface area contributed by atoms with Gasteiger partial charge in [0, 0.05) is 31.9 Å². The van der Waals surface area contributed by atoms with Gasteiger partial charge in [-0.3, -0.25) is 9.69 Å². The quantitative estimate of drug-likeness (QED) is 0.606. The van der Waals surface area contributed by atoms with Crippen LogP contribution in [0.5, 0.6) is 0 Å². The molecule has 2 aromatic heterocycles. The lowest BCUT2D eigenvalue weighted by molar-refractivity contribution is -0.117. The predicted octanol–water partition coefficient (Wildman–Crippen LogP) is 4.70. The highest BCUT2D eigenvalue weighted by atomic mass is 32.1. The number of carbonyl (C=O) groups excluding carboxylic acids is 1. The van der Waals surface area contributed by atoms with Crippen LogP contribution in [0.15, 0.2) is 36.0 Å². The minimum atomic E-state index is 0.0608. The molecule has 0 radical (unpaired) electrons. The van der Waals surface area contributed by atoms with Crippen molar-refractivity contribution in [2.45, 2.75) is 39.5 Å². The van der Waals surface area contributed by atoms with E-state index in [4.69, 9.17) is 0 Å². The minimum Gasteiger partial charge on any atom is -0.353 e. The predicted molar refractivity (Wildman–Crippen MR) is 129 cm³/mol. The Morgan fingerprint density at radius 1 is 1.03 bits per heavy atom. The Labute approximate surface area is 188 Å². The number of carbonyl (C=O) groups is 1. The van der Waals surface area contributed by atoms with Crippen LogP contribution in [0.3, 0.4) is 0 Å². The summed E-state index contributed by atoms with van der Waals surface area (Å²) in [5.41, 5.74) is 3.40. The van der Waals surface area contributed by atoms with Crippen LogP contribution < -0.4 is 10.2 Å². The van der Waals surface area contributed by atoms with E-state index in [1.165, 1.54) is 11.1 Å². The summed E-state index contributed by atoms with van der Waals surface area (Å²) in [5, 5.41) is 6.41. The van der Waals surface area contributed by atoms with E-state index in [-0.39, 0.29) is 5.91 Å². The van der Waals surface area contributed by atoms with Crippen molar-refractivity contribution in [2.24, 2.45) is 0 Å². The first-order valence-electron chi connectivity index (χ1n) is 11.0. The Morgan fingerprint density at radius 2 is 1.71 bits per heavy atom. The first-order valence-corrected chi connectivity index (χ1v) is 11.9. The Bertz CT molecular complexity index is 1030. The summed E-state index contributed by atoms with van der Waals surface area (Å²) in [7, 11) is 0. The number of amides is 1. The van der Waals surface area contributed by atoms with Gasteiger partial charge in [0.15, 0.2) is 0 Å². The molecule has 31 heavy (non-hydrogen) atoms. The number of fused-ring (bicyclic) bond motifs is 1. The lowest BCUT2D eigenvalue weighted by Crippen LogP contribution is -2.49. The molecule has 1 aromatic carbocycles. The van der Waals surface area contributed by atoms with E-state index < -0.39 is 0 Å². The Kier molecular flexibility index (Phi) is 6.53. The summed E-state index contributed by atoms with van der Waals surface area (Å²) >= 11 is 1.64. The fourth-order valence-corrected chi connectivity index (χ4v) is 4.95. The zero-order chi connectivity index (χ0) is 22.0. The highest BCUT2D eigenvalue weighted by Gasteiger charge is 2.23. The average Bonchev–Trinajstić information content (AvgIpc) is 3.23. The van der Waals surface area contributed by atoms with Crippen LogP contribution in [0.4, 0.5) is 11.5 Å². The molecule has 6 nitrogen and oxygen atoms in total. The van der Waals surface area contributed by atoms with E-state index in [0.29, 0.717) is 18.4 Å². The molecule has 0 atom stereocenters. The molecule has 4 rings (SSSR count). The highest BCUT2D eigenvalue weighted by Crippen LogP contribution is 2.32. The van der Waals surface area contributed by atoms with Crippen LogP contribution in [0.1, 0.15) is 50.7 Å². The van der Waals surface area contributed by atoms with Crippen molar-refractivity contribution < 1.29 is 4.79 Å². The number of anilines is 2. The van der Waals surface area contributed by atoms with Gasteiger partial charge in [0.1, 0.15) is 17.0 Å². The largest absolute Gasteiger partial charge is 0.353 e. The molecule has 164 valence electrons. The zero-order valence-corrected chi connectivity index (χ0v) is 19.6. The normalized spacial score (nSPS) is 15.2. The summed E-state index contributed by atoms with van der Waals surface area (Å²) in [5.74, 6) is 1.78. The van der Waals surface area contributed by atoms with E-state index in [1.807, 2.05) is 0 Å². The minimum absolute atomic E-state index is 0.0608. The Balaban J connectivity index is 1.40. The molecule has 0 unspecified atom stereocenters. The average molecular weight is 438 g/mol. The summed E-state index contributed by atoms with van der Waals surface area (Å²) in [6.45, 7) is 12.5. The van der Waals surface area contributed by atoms with Crippen LogP contribution >= 0.6 is 11.3 Å². The Hall–Kier alpha value is -2.51. The molecule has 0 saturated carbocycles. The molecule has 3 aromatic rings. The summed E-state index contributed by atoms with van der Waals surface area (Å²) < 4.78 is 0. The molecule has 1 saturated heterocycles. The number of para-hydroxylation sites is 1. The van der Waals surface area contributed by atoms with Gasteiger partial charge in [-0.05, 0) is 34.4 Å². The third-order valence-electron chi connectivity index (χ3n) is 5.92. The lowest BCUT2D eigenvalue weighted by atomic mass is 9.92. The standard InChI is InChI=1S/C24H31N5OS/c1-16(2)18-6-5-7-19(17(3)4)22(18)27-21(30)14-28-9-11-29(12-10-28)23-20-8-13-31-24(20)26-15-25-23/h5-8,13,15-17H,9-12,14H2,1-4H3,(H,27,30). The van der Waals surface area contributed by atoms with Crippen molar-refractivity contribution >= 4 is 39.0 Å². The molecule has 0 spiro atoms. The summed E-state index contributed by atoms with van der Waals surface area (Å²) in [6.07, 6.45) is 1.65. The number of nitrogens with zero attached hydrogens (tertiary/aromatic N) is 4. The fourth-order valence-electron chi connectivity index (χ4n) is 4.22. The van der Waals surface area contributed by atoms with Gasteiger partial charge in [-0.2, -0.15) is 0 Å². The van der Waals surface area contributed by atoms with Gasteiger partial charge < -0.3 is 10.2 Å². The van der Waals surface area contributed by atoms with Gasteiger partial charge in [0.25, 0.3) is 0 Å². The number of hydrogen-bond acceptors (Lipinski definition) is 6. The first kappa shape index (κ1) is 21.7. The van der Waals surface area contributed by atoms with Crippen molar-refractivity contribution in [3.63, 3.8) is 0 Å². The van der Waals surface area contributed by atoms with Gasteiger partial charge in [-0.15, -0.1) is 11.3 Å². The zero-order valence-electron chi connectivity index (χ0n) is 18.8. The van der Waals surface area contributed by atoms with Crippen molar-refractivity contribution in [3.05, 3.63) is 47.1 Å². The van der Waals surface area contributed by atoms with E-state index in [2.05, 4.69) is 82.4 Å². The SMILES string of the molecule is CC(C)c1cccc(C(C)C)c1NC(=O)CN1CCN(c2ncnc3sccc23)CC1. The molecule has 1 aliphatic rings. The maximum absolute atomic E-state index is 12.9. The van der Waals surface area contributed by atoms with E-state index in [1.54, 1.807) is 17.7 Å². The molecule has 0 aliphatic carbocycles. The van der Waals surface area contributed by atoms with Crippen LogP contribution in [0, 0.1) is 0 Å². The smallest absolute Gasteiger partial charge is 0.238 e. The molecule has 1 aliphatic heterocycles. The number of nitrogens with one attached hydrogen (secondary N) is 1. The second-order valence-electron chi connectivity index (χ2n) is 8.77. The van der Waals surface area contributed by atoms with Crippen molar-refractivity contribution in [1.29, 1.82) is 0 Å². The van der Waals surface area contributed by atoms with Gasteiger partial charge in [0.05, 0.1) is 11.9 Å². The van der Waals surface area contributed by atoms with Crippen molar-refractivity contribution in [3.8, 4) is 0 Å². The van der Waals surface area contributed by atoms with E-state index in [0.717, 1.165) is 47.9 Å². The third kappa shape index (κ3) is 4.72. The Morgan fingerprint density at radius 3 is 2.35 bits per heavy atom. The van der Waals surface area contributed by atoms with Gasteiger partial charge in [-0.1, -0.05) is 45.9 Å². The van der Waals surface area contributed by atoms with E-state index in [9.17, 15) is 4.79 Å². The molecule has 0 bridgehead atoms. The molecular weight excluding hydrogens is 406 g/mol. The number of benzene rings is 1.